The summed E-state index contributed by atoms with van der Waals surface area (Å²) in [6.45, 7) is 2.34. The van der Waals surface area contributed by atoms with Gasteiger partial charge >= 0.3 is 13.6 Å². The molecule has 0 aliphatic rings. The molecule has 0 aliphatic heterocycles. The van der Waals surface area contributed by atoms with Crippen LogP contribution < -0.4 is 5.32 Å². The molecule has 0 saturated heterocycles. The molecule has 0 radical (unpaired) electrons. The van der Waals surface area contributed by atoms with Crippen LogP contribution in [0.1, 0.15) is 39.0 Å². The zero-order valence-electron chi connectivity index (χ0n) is 10.2. The van der Waals surface area contributed by atoms with Crippen molar-refractivity contribution >= 4 is 13.6 Å². The van der Waals surface area contributed by atoms with Gasteiger partial charge in [-0.05, 0) is 6.42 Å². The second-order valence-electron chi connectivity index (χ2n) is 3.88. The predicted octanol–water partition coefficient (Wildman–Crippen LogP) is 1.22. The predicted molar refractivity (Wildman–Crippen MR) is 64.6 cm³/mol. The Hall–Kier alpha value is -0.420. The van der Waals surface area contributed by atoms with Crippen LogP contribution in [0.2, 0.25) is 0 Å². The van der Waals surface area contributed by atoms with E-state index in [-0.39, 0.29) is 6.54 Å². The monoisotopic (exact) mass is 267 g/mol. The third-order valence-electron chi connectivity index (χ3n) is 2.10. The summed E-state index contributed by atoms with van der Waals surface area (Å²) in [6, 6.07) is 0. The third-order valence-corrected chi connectivity index (χ3v) is 2.73. The molecule has 102 valence electrons. The first-order valence-corrected chi connectivity index (χ1v) is 7.66. The number of carbonyl (C=O) groups excluding carboxylic acids is 1. The lowest BCUT2D eigenvalue weighted by Crippen LogP contribution is -2.25. The first-order valence-electron chi connectivity index (χ1n) is 5.86. The van der Waals surface area contributed by atoms with Crippen molar-refractivity contribution in [1.82, 2.24) is 5.32 Å². The lowest BCUT2D eigenvalue weighted by molar-refractivity contribution is -0.142. The van der Waals surface area contributed by atoms with E-state index in [1.807, 2.05) is 0 Å². The van der Waals surface area contributed by atoms with Crippen LogP contribution in [0.15, 0.2) is 0 Å². The molecule has 0 aromatic heterocycles. The topological polar surface area (TPSA) is 95.9 Å². The van der Waals surface area contributed by atoms with Crippen molar-refractivity contribution in [2.24, 2.45) is 0 Å². The highest BCUT2D eigenvalue weighted by Gasteiger charge is 2.12. The first-order chi connectivity index (χ1) is 7.95. The quantitative estimate of drug-likeness (QED) is 0.313. The molecule has 0 unspecified atom stereocenters. The number of unbranched alkanes of at least 4 members (excludes halogenated alkanes) is 4. The molecule has 0 bridgehead atoms. The van der Waals surface area contributed by atoms with Crippen molar-refractivity contribution in [2.75, 3.05) is 19.4 Å². The molecule has 0 fully saturated rings. The van der Waals surface area contributed by atoms with E-state index in [1.165, 1.54) is 12.8 Å². The average molecular weight is 267 g/mol. The minimum Gasteiger partial charge on any atom is -0.465 e. The summed E-state index contributed by atoms with van der Waals surface area (Å²) in [7, 11) is -4.09. The fourth-order valence-corrected chi connectivity index (χ4v) is 1.65. The van der Waals surface area contributed by atoms with E-state index in [9.17, 15) is 9.36 Å². The average Bonchev–Trinajstić information content (AvgIpc) is 2.21. The van der Waals surface area contributed by atoms with Gasteiger partial charge in [0.05, 0.1) is 19.4 Å². The van der Waals surface area contributed by atoms with E-state index in [1.54, 1.807) is 0 Å². The molecular weight excluding hydrogens is 245 g/mol. The number of esters is 1. The summed E-state index contributed by atoms with van der Waals surface area (Å²) in [5, 5.41) is 2.35. The van der Waals surface area contributed by atoms with Crippen LogP contribution in [0.4, 0.5) is 0 Å². The van der Waals surface area contributed by atoms with Gasteiger partial charge in [-0.3, -0.25) is 14.7 Å². The number of ether oxygens (including phenoxy) is 1. The number of nitrogens with one attached hydrogen (secondary N) is 1. The van der Waals surface area contributed by atoms with Gasteiger partial charge in [0.25, 0.3) is 0 Å². The maximum absolute atomic E-state index is 11.1. The molecule has 0 amide bonds. The lowest BCUT2D eigenvalue weighted by Gasteiger charge is -2.07. The lowest BCUT2D eigenvalue weighted by atomic mass is 10.2. The van der Waals surface area contributed by atoms with Gasteiger partial charge in [0.15, 0.2) is 0 Å². The van der Waals surface area contributed by atoms with Crippen molar-refractivity contribution in [3.63, 3.8) is 0 Å². The number of carbonyl (C=O) groups is 1. The largest absolute Gasteiger partial charge is 0.465 e. The Bertz CT molecular complexity index is 253. The number of rotatable bonds is 10. The summed E-state index contributed by atoms with van der Waals surface area (Å²) in [5.74, 6) is -0.478. The van der Waals surface area contributed by atoms with Gasteiger partial charge in [0.2, 0.25) is 0 Å². The Kier molecular flexibility index (Phi) is 9.36. The smallest absolute Gasteiger partial charge is 0.339 e. The Morgan fingerprint density at radius 1 is 1.24 bits per heavy atom. The van der Waals surface area contributed by atoms with E-state index in [0.717, 1.165) is 19.3 Å². The van der Waals surface area contributed by atoms with Gasteiger partial charge in [-0.1, -0.05) is 32.6 Å². The maximum Gasteiger partial charge on any atom is 0.339 e. The summed E-state index contributed by atoms with van der Waals surface area (Å²) in [4.78, 5) is 28.1. The van der Waals surface area contributed by atoms with Crippen LogP contribution in [-0.2, 0) is 14.1 Å². The molecule has 17 heavy (non-hydrogen) atoms. The molecule has 7 heteroatoms. The second kappa shape index (κ2) is 9.59. The van der Waals surface area contributed by atoms with E-state index in [4.69, 9.17) is 14.5 Å². The van der Waals surface area contributed by atoms with Crippen LogP contribution >= 0.6 is 7.60 Å². The first kappa shape index (κ1) is 16.6. The van der Waals surface area contributed by atoms with E-state index in [2.05, 4.69) is 12.2 Å². The maximum atomic E-state index is 11.1. The molecule has 0 aromatic carbocycles. The van der Waals surface area contributed by atoms with Gasteiger partial charge < -0.3 is 14.5 Å². The van der Waals surface area contributed by atoms with E-state index in [0.29, 0.717) is 6.61 Å². The van der Waals surface area contributed by atoms with Crippen molar-refractivity contribution in [1.29, 1.82) is 0 Å². The fraction of sp³-hybridized carbons (Fsp3) is 0.900. The molecular formula is C10H22NO5P. The minimum atomic E-state index is -4.09. The molecule has 6 nitrogen and oxygen atoms in total. The normalized spacial score (nSPS) is 11.5. The molecule has 0 aliphatic carbocycles. The fourth-order valence-electron chi connectivity index (χ4n) is 1.25. The van der Waals surface area contributed by atoms with E-state index < -0.39 is 19.9 Å². The highest BCUT2D eigenvalue weighted by atomic mass is 31.2. The van der Waals surface area contributed by atoms with Gasteiger partial charge in [-0.15, -0.1) is 0 Å². The van der Waals surface area contributed by atoms with Gasteiger partial charge in [0, 0.05) is 0 Å². The number of hydrogen-bond acceptors (Lipinski definition) is 4. The zero-order valence-corrected chi connectivity index (χ0v) is 11.1. The molecule has 3 N–H and O–H groups in total. The molecule has 0 atom stereocenters. The highest BCUT2D eigenvalue weighted by Crippen LogP contribution is 2.31. The Morgan fingerprint density at radius 3 is 2.47 bits per heavy atom. The van der Waals surface area contributed by atoms with Crippen molar-refractivity contribution in [3.05, 3.63) is 0 Å². The molecule has 0 saturated carbocycles. The van der Waals surface area contributed by atoms with E-state index >= 15 is 0 Å². The molecule has 0 heterocycles. The van der Waals surface area contributed by atoms with Crippen molar-refractivity contribution in [2.45, 2.75) is 39.0 Å². The molecule has 0 spiro atoms. The minimum absolute atomic E-state index is 0.167. The van der Waals surface area contributed by atoms with Crippen LogP contribution in [0, 0.1) is 0 Å². The summed E-state index contributed by atoms with van der Waals surface area (Å²) >= 11 is 0. The number of hydrogen-bond donors (Lipinski definition) is 3. The molecule has 0 rings (SSSR count). The van der Waals surface area contributed by atoms with Crippen LogP contribution in [0.3, 0.4) is 0 Å². The summed E-state index contributed by atoms with van der Waals surface area (Å²) in [6.07, 6.45) is 4.88. The van der Waals surface area contributed by atoms with Gasteiger partial charge in [-0.2, -0.15) is 0 Å². The second-order valence-corrected chi connectivity index (χ2v) is 5.53. The highest BCUT2D eigenvalue weighted by molar-refractivity contribution is 7.51. The third kappa shape index (κ3) is 13.5. The van der Waals surface area contributed by atoms with Crippen molar-refractivity contribution < 1.29 is 23.9 Å². The SMILES string of the molecule is CCCCCCCOC(=O)CNCP(=O)(O)O. The van der Waals surface area contributed by atoms with Gasteiger partial charge in [-0.25, -0.2) is 0 Å². The van der Waals surface area contributed by atoms with Crippen LogP contribution in [0.5, 0.6) is 0 Å². The van der Waals surface area contributed by atoms with Gasteiger partial charge in [0.1, 0.15) is 0 Å². The zero-order chi connectivity index (χ0) is 13.1. The standard InChI is InChI=1S/C10H22NO5P/c1-2-3-4-5-6-7-16-10(12)8-11-9-17(13,14)15/h11H,2-9H2,1H3,(H2,13,14,15). The van der Waals surface area contributed by atoms with Crippen molar-refractivity contribution in [3.8, 4) is 0 Å². The Morgan fingerprint density at radius 2 is 1.88 bits per heavy atom. The van der Waals surface area contributed by atoms with Crippen LogP contribution in [-0.4, -0.2) is 35.2 Å². The summed E-state index contributed by atoms with van der Waals surface area (Å²) < 4.78 is 15.3. The Balaban J connectivity index is 3.32. The Labute approximate surface area is 102 Å². The van der Waals surface area contributed by atoms with Crippen LogP contribution in [0.25, 0.3) is 0 Å². The summed E-state index contributed by atoms with van der Waals surface area (Å²) in [5.41, 5.74) is 0. The molecule has 0 aromatic rings.